The van der Waals surface area contributed by atoms with Gasteiger partial charge in [-0.1, -0.05) is 66.3 Å². The van der Waals surface area contributed by atoms with Crippen LogP contribution in [0.15, 0.2) is 35.1 Å². The van der Waals surface area contributed by atoms with E-state index in [0.29, 0.717) is 10.7 Å². The van der Waals surface area contributed by atoms with Crippen LogP contribution in [0, 0.1) is 0 Å². The van der Waals surface area contributed by atoms with Gasteiger partial charge < -0.3 is 0 Å². The Kier molecular flexibility index (Phi) is 3.86. The number of nitrogens with zero attached hydrogens (tertiary/aromatic N) is 3. The minimum atomic E-state index is -0.328. The van der Waals surface area contributed by atoms with Crippen LogP contribution in [0.25, 0.3) is 17.1 Å². The quantitative estimate of drug-likeness (QED) is 0.742. The lowest BCUT2D eigenvalue weighted by Crippen LogP contribution is -2.16. The zero-order valence-electron chi connectivity index (χ0n) is 11.3. The molecule has 3 aromatic rings. The SMILES string of the molecule is CCc1nn2c(=O)c(Cl)c(C=Cc3ccccc3)nc2s1. The first-order chi connectivity index (χ1) is 10.2. The van der Waals surface area contributed by atoms with Gasteiger partial charge in [-0.3, -0.25) is 4.79 Å². The van der Waals surface area contributed by atoms with E-state index in [-0.39, 0.29) is 10.6 Å². The minimum Gasteiger partial charge on any atom is -0.266 e. The maximum atomic E-state index is 12.2. The summed E-state index contributed by atoms with van der Waals surface area (Å²) in [6, 6.07) is 9.78. The number of aryl methyl sites for hydroxylation is 1. The van der Waals surface area contributed by atoms with Crippen molar-refractivity contribution in [2.45, 2.75) is 13.3 Å². The summed E-state index contributed by atoms with van der Waals surface area (Å²) in [4.78, 5) is 17.2. The van der Waals surface area contributed by atoms with E-state index >= 15 is 0 Å². The standard InChI is InChI=1S/C15H12ClN3OS/c1-2-12-18-19-14(20)13(16)11(17-15(19)21-12)9-8-10-6-4-3-5-7-10/h3-9H,2H2,1H3. The molecule has 6 heteroatoms. The Morgan fingerprint density at radius 2 is 2.05 bits per heavy atom. The Balaban J connectivity index is 2.08. The first-order valence-corrected chi connectivity index (χ1v) is 7.70. The lowest BCUT2D eigenvalue weighted by molar-refractivity contribution is 0.858. The molecule has 0 saturated heterocycles. The van der Waals surface area contributed by atoms with E-state index < -0.39 is 0 Å². The van der Waals surface area contributed by atoms with Gasteiger partial charge in [0.05, 0.1) is 5.69 Å². The number of aromatic nitrogens is 3. The fourth-order valence-electron chi connectivity index (χ4n) is 1.87. The fraction of sp³-hybridized carbons (Fsp3) is 0.133. The molecule has 0 bridgehead atoms. The van der Waals surface area contributed by atoms with Crippen LogP contribution in [0.5, 0.6) is 0 Å². The molecule has 1 aromatic carbocycles. The second-order valence-corrected chi connectivity index (χ2v) is 5.82. The van der Waals surface area contributed by atoms with E-state index in [1.54, 1.807) is 6.08 Å². The largest absolute Gasteiger partial charge is 0.294 e. The highest BCUT2D eigenvalue weighted by atomic mass is 35.5. The van der Waals surface area contributed by atoms with Gasteiger partial charge in [0.25, 0.3) is 5.56 Å². The molecule has 0 spiro atoms. The summed E-state index contributed by atoms with van der Waals surface area (Å²) in [6.45, 7) is 1.99. The first-order valence-electron chi connectivity index (χ1n) is 6.50. The smallest absolute Gasteiger partial charge is 0.266 e. The molecule has 2 aromatic heterocycles. The Labute approximate surface area is 130 Å². The molecule has 4 nitrogen and oxygen atoms in total. The van der Waals surface area contributed by atoms with Gasteiger partial charge in [-0.25, -0.2) is 4.98 Å². The highest BCUT2D eigenvalue weighted by molar-refractivity contribution is 7.16. The lowest BCUT2D eigenvalue weighted by Gasteiger charge is -1.98. The highest BCUT2D eigenvalue weighted by Gasteiger charge is 2.12. The second-order valence-electron chi connectivity index (χ2n) is 4.40. The Bertz CT molecular complexity index is 868. The monoisotopic (exact) mass is 317 g/mol. The van der Waals surface area contributed by atoms with Crippen molar-refractivity contribution in [2.75, 3.05) is 0 Å². The molecular formula is C15H12ClN3OS. The molecule has 0 N–H and O–H groups in total. The summed E-state index contributed by atoms with van der Waals surface area (Å²) >= 11 is 7.51. The van der Waals surface area contributed by atoms with E-state index in [2.05, 4.69) is 10.1 Å². The molecule has 0 fully saturated rings. The summed E-state index contributed by atoms with van der Waals surface area (Å²) in [7, 11) is 0. The average molecular weight is 318 g/mol. The van der Waals surface area contributed by atoms with Crippen molar-refractivity contribution < 1.29 is 0 Å². The zero-order valence-corrected chi connectivity index (χ0v) is 12.9. The summed E-state index contributed by atoms with van der Waals surface area (Å²) in [6.07, 6.45) is 4.40. The molecule has 0 amide bonds. The van der Waals surface area contributed by atoms with Crippen molar-refractivity contribution >= 4 is 40.1 Å². The minimum absolute atomic E-state index is 0.0904. The van der Waals surface area contributed by atoms with Crippen LogP contribution in [-0.2, 0) is 6.42 Å². The van der Waals surface area contributed by atoms with Crippen LogP contribution in [0.1, 0.15) is 23.2 Å². The van der Waals surface area contributed by atoms with Crippen LogP contribution in [0.2, 0.25) is 5.02 Å². The van der Waals surface area contributed by atoms with Gasteiger partial charge in [0, 0.05) is 0 Å². The van der Waals surface area contributed by atoms with Gasteiger partial charge >= 0.3 is 0 Å². The topological polar surface area (TPSA) is 47.3 Å². The van der Waals surface area contributed by atoms with Crippen LogP contribution in [0.3, 0.4) is 0 Å². The fourth-order valence-corrected chi connectivity index (χ4v) is 2.89. The van der Waals surface area contributed by atoms with E-state index in [0.717, 1.165) is 17.0 Å². The third kappa shape index (κ3) is 2.75. The van der Waals surface area contributed by atoms with Crippen molar-refractivity contribution in [1.29, 1.82) is 0 Å². The summed E-state index contributed by atoms with van der Waals surface area (Å²) < 4.78 is 1.27. The summed E-state index contributed by atoms with van der Waals surface area (Å²) in [5.41, 5.74) is 1.16. The highest BCUT2D eigenvalue weighted by Crippen LogP contribution is 2.18. The van der Waals surface area contributed by atoms with Crippen molar-refractivity contribution in [3.63, 3.8) is 0 Å². The van der Waals surface area contributed by atoms with Crippen LogP contribution >= 0.6 is 22.9 Å². The predicted octanol–water partition coefficient (Wildman–Crippen LogP) is 3.54. The predicted molar refractivity (Wildman–Crippen MR) is 86.9 cm³/mol. The molecule has 0 aliphatic carbocycles. The van der Waals surface area contributed by atoms with Crippen molar-refractivity contribution in [2.24, 2.45) is 0 Å². The van der Waals surface area contributed by atoms with Gasteiger partial charge in [0.1, 0.15) is 10.0 Å². The number of hydrogen-bond donors (Lipinski definition) is 0. The van der Waals surface area contributed by atoms with Crippen LogP contribution in [0.4, 0.5) is 0 Å². The molecule has 0 aliphatic heterocycles. The average Bonchev–Trinajstić information content (AvgIpc) is 2.94. The lowest BCUT2D eigenvalue weighted by atomic mass is 10.2. The molecular weight excluding hydrogens is 306 g/mol. The first kappa shape index (κ1) is 14.0. The number of halogens is 1. The van der Waals surface area contributed by atoms with Crippen molar-refractivity contribution in [1.82, 2.24) is 14.6 Å². The Morgan fingerprint density at radius 3 is 2.76 bits per heavy atom. The van der Waals surface area contributed by atoms with E-state index in [4.69, 9.17) is 11.6 Å². The second kappa shape index (κ2) is 5.79. The number of rotatable bonds is 3. The third-order valence-electron chi connectivity index (χ3n) is 2.96. The molecule has 0 radical (unpaired) electrons. The zero-order chi connectivity index (χ0) is 14.8. The number of hydrogen-bond acceptors (Lipinski definition) is 4. The molecule has 0 aliphatic rings. The van der Waals surface area contributed by atoms with Gasteiger partial charge in [-0.15, -0.1) is 0 Å². The normalized spacial score (nSPS) is 11.5. The van der Waals surface area contributed by atoms with E-state index in [1.165, 1.54) is 15.9 Å². The molecule has 0 unspecified atom stereocenters. The van der Waals surface area contributed by atoms with E-state index in [1.807, 2.05) is 43.3 Å². The van der Waals surface area contributed by atoms with E-state index in [9.17, 15) is 4.79 Å². The Morgan fingerprint density at radius 1 is 1.29 bits per heavy atom. The molecule has 106 valence electrons. The molecule has 21 heavy (non-hydrogen) atoms. The number of benzene rings is 1. The molecule has 2 heterocycles. The van der Waals surface area contributed by atoms with Gasteiger partial charge in [-0.2, -0.15) is 9.61 Å². The van der Waals surface area contributed by atoms with Gasteiger partial charge in [0.2, 0.25) is 4.96 Å². The van der Waals surface area contributed by atoms with Crippen LogP contribution < -0.4 is 5.56 Å². The number of fused-ring (bicyclic) bond motifs is 1. The maximum absolute atomic E-state index is 12.2. The Hall–Kier alpha value is -1.98. The van der Waals surface area contributed by atoms with Crippen molar-refractivity contribution in [3.05, 3.63) is 62.0 Å². The summed E-state index contributed by atoms with van der Waals surface area (Å²) in [5.74, 6) is 0. The maximum Gasteiger partial charge on any atom is 0.294 e. The third-order valence-corrected chi connectivity index (χ3v) is 4.37. The molecule has 0 atom stereocenters. The van der Waals surface area contributed by atoms with Crippen molar-refractivity contribution in [3.8, 4) is 0 Å². The van der Waals surface area contributed by atoms with Gasteiger partial charge in [-0.05, 0) is 18.1 Å². The van der Waals surface area contributed by atoms with Gasteiger partial charge in [0.15, 0.2) is 0 Å². The molecule has 0 saturated carbocycles. The summed E-state index contributed by atoms with van der Waals surface area (Å²) in [5, 5.41) is 5.15. The molecule has 3 rings (SSSR count). The van der Waals surface area contributed by atoms with Crippen LogP contribution in [-0.4, -0.2) is 14.6 Å².